The molecule has 8 heteroatoms. The average Bonchev–Trinajstić information content (AvgIpc) is 3.74. The molecule has 5 aromatic rings. The molecule has 1 amide bonds. The summed E-state index contributed by atoms with van der Waals surface area (Å²) in [6.45, 7) is 13.9. The fourth-order valence-electron chi connectivity index (χ4n) is 5.67. The number of hydrogen-bond donors (Lipinski definition) is 1. The van der Waals surface area contributed by atoms with E-state index in [0.29, 0.717) is 50.2 Å². The quantitative estimate of drug-likeness (QED) is 0.125. The molecule has 0 bridgehead atoms. The predicted octanol–water partition coefficient (Wildman–Crippen LogP) is 7.26. The van der Waals surface area contributed by atoms with Gasteiger partial charge in [-0.3, -0.25) is 9.48 Å². The van der Waals surface area contributed by atoms with E-state index >= 15 is 0 Å². The van der Waals surface area contributed by atoms with Crippen molar-refractivity contribution in [2.24, 2.45) is 11.8 Å². The van der Waals surface area contributed by atoms with Crippen molar-refractivity contribution in [1.82, 2.24) is 30.1 Å². The van der Waals surface area contributed by atoms with Gasteiger partial charge in [0.1, 0.15) is 0 Å². The Morgan fingerprint density at radius 1 is 0.913 bits per heavy atom. The van der Waals surface area contributed by atoms with Gasteiger partial charge >= 0.3 is 0 Å². The minimum absolute atomic E-state index is 0.0495. The number of ether oxygens (including phenoxy) is 1. The van der Waals surface area contributed by atoms with E-state index in [-0.39, 0.29) is 11.3 Å². The van der Waals surface area contributed by atoms with Gasteiger partial charge in [-0.05, 0) is 41.2 Å². The van der Waals surface area contributed by atoms with Gasteiger partial charge in [-0.25, -0.2) is 4.68 Å². The summed E-state index contributed by atoms with van der Waals surface area (Å²) in [6, 6.07) is 30.3. The van der Waals surface area contributed by atoms with E-state index in [1.807, 2.05) is 76.2 Å². The van der Waals surface area contributed by atoms with Crippen molar-refractivity contribution >= 4 is 5.91 Å². The molecule has 3 aromatic carbocycles. The van der Waals surface area contributed by atoms with Crippen LogP contribution >= 0.6 is 0 Å². The van der Waals surface area contributed by atoms with Gasteiger partial charge in [0.25, 0.3) is 5.91 Å². The maximum absolute atomic E-state index is 12.8. The molecule has 0 spiro atoms. The molecule has 0 aliphatic rings. The maximum Gasteiger partial charge on any atom is 0.251 e. The Labute approximate surface area is 272 Å². The molecule has 2 unspecified atom stereocenters. The van der Waals surface area contributed by atoms with E-state index < -0.39 is 0 Å². The molecule has 0 saturated heterocycles. The molecule has 240 valence electrons. The third kappa shape index (κ3) is 7.98. The highest BCUT2D eigenvalue weighted by Gasteiger charge is 2.33. The van der Waals surface area contributed by atoms with Crippen LogP contribution in [0, 0.1) is 11.8 Å². The van der Waals surface area contributed by atoms with Gasteiger partial charge in [-0.15, -0.1) is 5.10 Å². The highest BCUT2D eigenvalue weighted by Crippen LogP contribution is 2.36. The van der Waals surface area contributed by atoms with E-state index in [1.54, 1.807) is 0 Å². The first-order chi connectivity index (χ1) is 22.3. The standard InChI is InChI=1S/C38H46N6O2/c1-6-28(2)29(3)38(4,5)36-27-43(42-40-36)22-24-46-23-21-39-37(45)33-19-17-31(18-20-33)34-25-35(32-15-11-8-12-16-32)44(41-34)26-30-13-9-7-10-14-30/h7-20,25,27-29H,6,21-24,26H2,1-5H3,(H,39,45). The average molecular weight is 619 g/mol. The van der Waals surface area contributed by atoms with Gasteiger partial charge in [0.2, 0.25) is 0 Å². The molecule has 0 saturated carbocycles. The Hall–Kier alpha value is -4.56. The molecule has 0 radical (unpaired) electrons. The van der Waals surface area contributed by atoms with Crippen molar-refractivity contribution in [3.8, 4) is 22.5 Å². The molecule has 46 heavy (non-hydrogen) atoms. The molecule has 8 nitrogen and oxygen atoms in total. The third-order valence-electron chi connectivity index (χ3n) is 9.30. The number of aromatic nitrogens is 5. The highest BCUT2D eigenvalue weighted by atomic mass is 16.5. The molecule has 5 rings (SSSR count). The van der Waals surface area contributed by atoms with Crippen molar-refractivity contribution in [3.63, 3.8) is 0 Å². The molecular weight excluding hydrogens is 572 g/mol. The van der Waals surface area contributed by atoms with E-state index in [4.69, 9.17) is 9.84 Å². The number of carbonyl (C=O) groups is 1. The van der Waals surface area contributed by atoms with Gasteiger partial charge in [0.05, 0.1) is 43.4 Å². The van der Waals surface area contributed by atoms with E-state index in [0.717, 1.165) is 34.6 Å². The van der Waals surface area contributed by atoms with E-state index in [1.165, 1.54) is 5.56 Å². The Morgan fingerprint density at radius 2 is 1.61 bits per heavy atom. The normalized spacial score (nSPS) is 13.0. The zero-order valence-electron chi connectivity index (χ0n) is 27.7. The molecule has 2 heterocycles. The van der Waals surface area contributed by atoms with Crippen molar-refractivity contribution in [1.29, 1.82) is 0 Å². The summed E-state index contributed by atoms with van der Waals surface area (Å²) >= 11 is 0. The first kappa shape index (κ1) is 32.8. The first-order valence-electron chi connectivity index (χ1n) is 16.3. The van der Waals surface area contributed by atoms with Crippen LogP contribution < -0.4 is 5.32 Å². The number of benzene rings is 3. The summed E-state index contributed by atoms with van der Waals surface area (Å²) in [4.78, 5) is 12.8. The van der Waals surface area contributed by atoms with E-state index in [9.17, 15) is 4.79 Å². The molecule has 0 aliphatic heterocycles. The number of nitrogens with one attached hydrogen (secondary N) is 1. The number of hydrogen-bond acceptors (Lipinski definition) is 5. The molecule has 0 fully saturated rings. The number of carbonyl (C=O) groups excluding carboxylic acids is 1. The lowest BCUT2D eigenvalue weighted by Crippen LogP contribution is -2.31. The van der Waals surface area contributed by atoms with Gasteiger partial charge in [0, 0.05) is 29.3 Å². The number of nitrogens with zero attached hydrogens (tertiary/aromatic N) is 5. The van der Waals surface area contributed by atoms with Crippen molar-refractivity contribution in [3.05, 3.63) is 114 Å². The SMILES string of the molecule is CCC(C)C(C)C(C)(C)c1cn(CCOCCNC(=O)c2ccc(-c3cc(-c4ccccc4)n(Cc4ccccc4)n3)cc2)nn1. The lowest BCUT2D eigenvalue weighted by molar-refractivity contribution is 0.0905. The summed E-state index contributed by atoms with van der Waals surface area (Å²) in [5, 5.41) is 16.7. The Bertz CT molecular complexity index is 1680. The van der Waals surface area contributed by atoms with Gasteiger partial charge in [-0.1, -0.05) is 119 Å². The Balaban J connectivity index is 1.11. The summed E-state index contributed by atoms with van der Waals surface area (Å²) < 4.78 is 9.66. The Morgan fingerprint density at radius 3 is 2.30 bits per heavy atom. The smallest absolute Gasteiger partial charge is 0.251 e. The minimum atomic E-state index is -0.131. The minimum Gasteiger partial charge on any atom is -0.378 e. The predicted molar refractivity (Wildman–Crippen MR) is 183 cm³/mol. The van der Waals surface area contributed by atoms with Gasteiger partial charge in [-0.2, -0.15) is 5.10 Å². The number of rotatable bonds is 15. The topological polar surface area (TPSA) is 86.9 Å². The lowest BCUT2D eigenvalue weighted by atomic mass is 9.71. The second kappa shape index (κ2) is 15.1. The van der Waals surface area contributed by atoms with Crippen LogP contribution in [0.3, 0.4) is 0 Å². The van der Waals surface area contributed by atoms with Crippen LogP contribution in [0.4, 0.5) is 0 Å². The van der Waals surface area contributed by atoms with Gasteiger partial charge in [0.15, 0.2) is 0 Å². The molecular formula is C38H46N6O2. The maximum atomic E-state index is 12.8. The monoisotopic (exact) mass is 618 g/mol. The molecule has 1 N–H and O–H groups in total. The molecule has 0 aliphatic carbocycles. The third-order valence-corrected chi connectivity index (χ3v) is 9.30. The fraction of sp³-hybridized carbons (Fsp3) is 0.368. The molecule has 2 aromatic heterocycles. The largest absolute Gasteiger partial charge is 0.378 e. The lowest BCUT2D eigenvalue weighted by Gasteiger charge is -2.33. The van der Waals surface area contributed by atoms with Crippen LogP contribution in [0.1, 0.15) is 62.7 Å². The van der Waals surface area contributed by atoms with Crippen LogP contribution in [0.5, 0.6) is 0 Å². The highest BCUT2D eigenvalue weighted by molar-refractivity contribution is 5.94. The Kier molecular flexibility index (Phi) is 10.8. The van der Waals surface area contributed by atoms with Crippen molar-refractivity contribution < 1.29 is 9.53 Å². The van der Waals surface area contributed by atoms with Gasteiger partial charge < -0.3 is 10.1 Å². The van der Waals surface area contributed by atoms with Crippen LogP contribution in [0.2, 0.25) is 0 Å². The second-order valence-electron chi connectivity index (χ2n) is 12.6. The van der Waals surface area contributed by atoms with Crippen LogP contribution in [0.15, 0.2) is 97.2 Å². The van der Waals surface area contributed by atoms with Crippen molar-refractivity contribution in [2.45, 2.75) is 59.5 Å². The summed E-state index contributed by atoms with van der Waals surface area (Å²) in [5.41, 5.74) is 6.72. The molecule has 2 atom stereocenters. The van der Waals surface area contributed by atoms with Crippen LogP contribution in [0.25, 0.3) is 22.5 Å². The van der Waals surface area contributed by atoms with Crippen LogP contribution in [-0.2, 0) is 23.2 Å². The van der Waals surface area contributed by atoms with Crippen LogP contribution in [-0.4, -0.2) is 50.4 Å². The van der Waals surface area contributed by atoms with E-state index in [2.05, 4.69) is 80.6 Å². The first-order valence-corrected chi connectivity index (χ1v) is 16.3. The summed E-state index contributed by atoms with van der Waals surface area (Å²) in [7, 11) is 0. The summed E-state index contributed by atoms with van der Waals surface area (Å²) in [5.74, 6) is 0.975. The zero-order valence-corrected chi connectivity index (χ0v) is 27.7. The fourth-order valence-corrected chi connectivity index (χ4v) is 5.67. The van der Waals surface area contributed by atoms with Crippen molar-refractivity contribution in [2.75, 3.05) is 19.8 Å². The summed E-state index contributed by atoms with van der Waals surface area (Å²) in [6.07, 6.45) is 3.18. The zero-order chi connectivity index (χ0) is 32.5. The number of amides is 1. The second-order valence-corrected chi connectivity index (χ2v) is 12.6.